The number of pyridine rings is 1. The van der Waals surface area contributed by atoms with Crippen molar-refractivity contribution in [1.29, 1.82) is 0 Å². The maximum Gasteiger partial charge on any atom is 0.333 e. The molecule has 0 saturated carbocycles. The lowest BCUT2D eigenvalue weighted by Crippen LogP contribution is -2.52. The van der Waals surface area contributed by atoms with Gasteiger partial charge in [0.25, 0.3) is 0 Å². The van der Waals surface area contributed by atoms with Crippen molar-refractivity contribution in [3.8, 4) is 5.69 Å². The zero-order chi connectivity index (χ0) is 25.8. The number of methoxy groups -OCH3 is 1. The van der Waals surface area contributed by atoms with Gasteiger partial charge < -0.3 is 15.0 Å². The molecule has 0 aliphatic carbocycles. The van der Waals surface area contributed by atoms with Gasteiger partial charge in [0.1, 0.15) is 11.3 Å². The highest BCUT2D eigenvalue weighted by Gasteiger charge is 2.28. The van der Waals surface area contributed by atoms with E-state index in [1.807, 2.05) is 36.4 Å². The van der Waals surface area contributed by atoms with E-state index in [1.54, 1.807) is 23.2 Å². The lowest BCUT2D eigenvalue weighted by atomic mass is 10.1. The standard InChI is InChI=1S/C28H30N6O3/c1-20-8-6-11-22(18-20)34-24(30-23-12-7-13-29-26(23)34)19-32-14-16-33(17-15-32)28(36)31-25(27(35)37-2)21-9-4-3-5-10-21/h3-13,18,25H,14-17,19H2,1-2H3,(H,31,36)/t25-/m1/s1. The lowest BCUT2D eigenvalue weighted by molar-refractivity contribution is -0.143. The molecule has 5 rings (SSSR count). The van der Waals surface area contributed by atoms with Crippen LogP contribution in [0.1, 0.15) is 23.0 Å². The summed E-state index contributed by atoms with van der Waals surface area (Å²) >= 11 is 0. The third-order valence-electron chi connectivity index (χ3n) is 6.61. The number of aromatic nitrogens is 3. The molecule has 1 atom stereocenters. The minimum absolute atomic E-state index is 0.282. The lowest BCUT2D eigenvalue weighted by Gasteiger charge is -2.35. The number of hydrogen-bond acceptors (Lipinski definition) is 6. The van der Waals surface area contributed by atoms with Gasteiger partial charge in [0.2, 0.25) is 0 Å². The summed E-state index contributed by atoms with van der Waals surface area (Å²) in [5.74, 6) is 0.411. The fourth-order valence-corrected chi connectivity index (χ4v) is 4.67. The summed E-state index contributed by atoms with van der Waals surface area (Å²) in [5.41, 5.74) is 4.57. The van der Waals surface area contributed by atoms with Crippen LogP contribution < -0.4 is 5.32 Å². The van der Waals surface area contributed by atoms with E-state index in [0.717, 1.165) is 22.7 Å². The van der Waals surface area contributed by atoms with Gasteiger partial charge >= 0.3 is 12.0 Å². The van der Waals surface area contributed by atoms with Gasteiger partial charge in [-0.15, -0.1) is 0 Å². The van der Waals surface area contributed by atoms with Gasteiger partial charge in [-0.05, 0) is 42.3 Å². The molecule has 0 unspecified atom stereocenters. The van der Waals surface area contributed by atoms with E-state index in [9.17, 15) is 9.59 Å². The van der Waals surface area contributed by atoms with Crippen LogP contribution in [0.3, 0.4) is 0 Å². The molecule has 2 aromatic carbocycles. The van der Waals surface area contributed by atoms with E-state index in [-0.39, 0.29) is 6.03 Å². The Morgan fingerprint density at radius 1 is 1.00 bits per heavy atom. The molecule has 1 aliphatic rings. The predicted molar refractivity (Wildman–Crippen MR) is 140 cm³/mol. The Bertz CT molecular complexity index is 1400. The van der Waals surface area contributed by atoms with Crippen molar-refractivity contribution >= 4 is 23.2 Å². The first-order valence-corrected chi connectivity index (χ1v) is 12.3. The minimum Gasteiger partial charge on any atom is -0.467 e. The Kier molecular flexibility index (Phi) is 7.14. The van der Waals surface area contributed by atoms with Gasteiger partial charge in [-0.25, -0.2) is 19.6 Å². The van der Waals surface area contributed by atoms with Crippen molar-refractivity contribution in [1.82, 2.24) is 29.7 Å². The van der Waals surface area contributed by atoms with Crippen molar-refractivity contribution in [2.24, 2.45) is 0 Å². The summed E-state index contributed by atoms with van der Waals surface area (Å²) in [5, 5.41) is 2.84. The SMILES string of the molecule is COC(=O)[C@H](NC(=O)N1CCN(Cc2nc3cccnc3n2-c2cccc(C)c2)CC1)c1ccccc1. The van der Waals surface area contributed by atoms with Crippen molar-refractivity contribution < 1.29 is 14.3 Å². The number of fused-ring (bicyclic) bond motifs is 1. The minimum atomic E-state index is -0.849. The van der Waals surface area contributed by atoms with Crippen molar-refractivity contribution in [3.63, 3.8) is 0 Å². The Labute approximate surface area is 215 Å². The molecule has 4 aromatic rings. The number of rotatable bonds is 6. The molecule has 1 saturated heterocycles. The molecule has 1 N–H and O–H groups in total. The number of benzene rings is 2. The normalized spacial score (nSPS) is 14.9. The largest absolute Gasteiger partial charge is 0.467 e. The Morgan fingerprint density at radius 2 is 1.78 bits per heavy atom. The maximum absolute atomic E-state index is 13.0. The predicted octanol–water partition coefficient (Wildman–Crippen LogP) is 3.47. The molecule has 1 aliphatic heterocycles. The first-order chi connectivity index (χ1) is 18.0. The van der Waals surface area contributed by atoms with Crippen LogP contribution in [0.5, 0.6) is 0 Å². The first kappa shape index (κ1) is 24.5. The molecule has 2 amide bonds. The number of nitrogens with zero attached hydrogens (tertiary/aromatic N) is 5. The number of carbonyl (C=O) groups excluding carboxylic acids is 2. The van der Waals surface area contributed by atoms with Gasteiger partial charge in [0.05, 0.1) is 13.7 Å². The van der Waals surface area contributed by atoms with Gasteiger partial charge in [0.15, 0.2) is 11.7 Å². The number of carbonyl (C=O) groups is 2. The zero-order valence-electron chi connectivity index (χ0n) is 21.0. The smallest absolute Gasteiger partial charge is 0.333 e. The van der Waals surface area contributed by atoms with Crippen LogP contribution >= 0.6 is 0 Å². The Hall–Kier alpha value is -4.24. The van der Waals surface area contributed by atoms with Crippen LogP contribution in [0, 0.1) is 6.92 Å². The van der Waals surface area contributed by atoms with E-state index in [0.29, 0.717) is 38.3 Å². The van der Waals surface area contributed by atoms with Gasteiger partial charge in [-0.3, -0.25) is 9.47 Å². The molecule has 1 fully saturated rings. The van der Waals surface area contributed by atoms with E-state index in [1.165, 1.54) is 12.7 Å². The van der Waals surface area contributed by atoms with Crippen LogP contribution in [0.15, 0.2) is 72.9 Å². The summed E-state index contributed by atoms with van der Waals surface area (Å²) < 4.78 is 7.04. The Balaban J connectivity index is 1.27. The highest BCUT2D eigenvalue weighted by Crippen LogP contribution is 2.22. The molecule has 3 heterocycles. The van der Waals surface area contributed by atoms with Crippen LogP contribution in [0.2, 0.25) is 0 Å². The highest BCUT2D eigenvalue weighted by atomic mass is 16.5. The van der Waals surface area contributed by atoms with Gasteiger partial charge in [-0.1, -0.05) is 42.5 Å². The maximum atomic E-state index is 13.0. The molecular weight excluding hydrogens is 468 g/mol. The molecule has 9 heteroatoms. The molecule has 2 aromatic heterocycles. The second-order valence-electron chi connectivity index (χ2n) is 9.13. The zero-order valence-corrected chi connectivity index (χ0v) is 21.0. The molecular formula is C28H30N6O3. The number of aryl methyl sites for hydroxylation is 1. The highest BCUT2D eigenvalue weighted by molar-refractivity contribution is 5.84. The summed E-state index contributed by atoms with van der Waals surface area (Å²) in [4.78, 5) is 38.9. The summed E-state index contributed by atoms with van der Waals surface area (Å²) in [6.07, 6.45) is 1.79. The van der Waals surface area contributed by atoms with Gasteiger partial charge in [0, 0.05) is 38.1 Å². The van der Waals surface area contributed by atoms with E-state index in [4.69, 9.17) is 9.72 Å². The van der Waals surface area contributed by atoms with Crippen LogP contribution in [-0.2, 0) is 16.1 Å². The quantitative estimate of drug-likeness (QED) is 0.409. The number of nitrogens with one attached hydrogen (secondary N) is 1. The van der Waals surface area contributed by atoms with Crippen LogP contribution in [-0.4, -0.2) is 69.6 Å². The second kappa shape index (κ2) is 10.8. The third-order valence-corrected chi connectivity index (χ3v) is 6.61. The number of ether oxygens (including phenoxy) is 1. The van der Waals surface area contributed by atoms with E-state index in [2.05, 4.69) is 44.9 Å². The molecule has 37 heavy (non-hydrogen) atoms. The first-order valence-electron chi connectivity index (χ1n) is 12.3. The van der Waals surface area contributed by atoms with Crippen LogP contribution in [0.4, 0.5) is 4.79 Å². The summed E-state index contributed by atoms with van der Waals surface area (Å²) in [6, 6.07) is 20.2. The summed E-state index contributed by atoms with van der Waals surface area (Å²) in [7, 11) is 1.32. The molecule has 0 spiro atoms. The van der Waals surface area contributed by atoms with E-state index < -0.39 is 12.0 Å². The monoisotopic (exact) mass is 498 g/mol. The van der Waals surface area contributed by atoms with E-state index >= 15 is 0 Å². The number of urea groups is 1. The second-order valence-corrected chi connectivity index (χ2v) is 9.13. The van der Waals surface area contributed by atoms with Crippen LogP contribution in [0.25, 0.3) is 16.9 Å². The molecule has 0 radical (unpaired) electrons. The average molecular weight is 499 g/mol. The fourth-order valence-electron chi connectivity index (χ4n) is 4.67. The molecule has 0 bridgehead atoms. The fraction of sp³-hybridized carbons (Fsp3) is 0.286. The van der Waals surface area contributed by atoms with Crippen molar-refractivity contribution in [2.45, 2.75) is 19.5 Å². The molecule has 190 valence electrons. The third kappa shape index (κ3) is 5.31. The van der Waals surface area contributed by atoms with Crippen molar-refractivity contribution in [3.05, 3.63) is 89.9 Å². The number of hydrogen-bond donors (Lipinski definition) is 1. The summed E-state index contributed by atoms with van der Waals surface area (Å²) in [6.45, 7) is 5.16. The number of imidazole rings is 1. The molecule has 9 nitrogen and oxygen atoms in total. The number of esters is 1. The average Bonchev–Trinajstić information content (AvgIpc) is 3.29. The van der Waals surface area contributed by atoms with Crippen molar-refractivity contribution in [2.75, 3.05) is 33.3 Å². The number of amides is 2. The van der Waals surface area contributed by atoms with Gasteiger partial charge in [-0.2, -0.15) is 0 Å². The Morgan fingerprint density at radius 3 is 2.51 bits per heavy atom. The number of piperazine rings is 1. The topological polar surface area (TPSA) is 92.6 Å².